The van der Waals surface area contributed by atoms with Gasteiger partial charge < -0.3 is 5.73 Å². The zero-order valence-electron chi connectivity index (χ0n) is 13.1. The van der Waals surface area contributed by atoms with Gasteiger partial charge in [0.1, 0.15) is 0 Å². The Hall–Kier alpha value is -0.590. The smallest absolute Gasteiger partial charge is 0.241 e. The standard InChI is InChI=1S/C15H25BrN2O2S/c1-10(2)6-5-7-12(4)18-21(19,20)15-9-14(17)13(16)8-11(15)3/h8-10,12,18H,5-7,17H2,1-4H3. The number of halogens is 1. The molecule has 0 radical (unpaired) electrons. The Morgan fingerprint density at radius 2 is 1.86 bits per heavy atom. The molecule has 120 valence electrons. The van der Waals surface area contributed by atoms with Crippen LogP contribution in [0.2, 0.25) is 0 Å². The van der Waals surface area contributed by atoms with E-state index < -0.39 is 10.0 Å². The van der Waals surface area contributed by atoms with Gasteiger partial charge in [0, 0.05) is 16.2 Å². The van der Waals surface area contributed by atoms with E-state index in [0.717, 1.165) is 19.3 Å². The lowest BCUT2D eigenvalue weighted by atomic mass is 10.0. The molecule has 1 aromatic carbocycles. The summed E-state index contributed by atoms with van der Waals surface area (Å²) in [6.45, 7) is 8.00. The molecule has 0 aliphatic carbocycles. The number of nitrogen functional groups attached to an aromatic ring is 1. The van der Waals surface area contributed by atoms with Crippen molar-refractivity contribution in [2.24, 2.45) is 5.92 Å². The molecule has 1 aromatic rings. The summed E-state index contributed by atoms with van der Waals surface area (Å²) in [5.41, 5.74) is 6.89. The Balaban J connectivity index is 2.80. The van der Waals surface area contributed by atoms with Crippen molar-refractivity contribution in [1.29, 1.82) is 0 Å². The molecule has 0 fully saturated rings. The number of hydrogen-bond donors (Lipinski definition) is 2. The summed E-state index contributed by atoms with van der Waals surface area (Å²) in [5.74, 6) is 0.641. The number of rotatable bonds is 7. The molecule has 1 unspecified atom stereocenters. The van der Waals surface area contributed by atoms with Crippen LogP contribution in [0.3, 0.4) is 0 Å². The number of aryl methyl sites for hydroxylation is 1. The third-order valence-electron chi connectivity index (χ3n) is 3.36. The van der Waals surface area contributed by atoms with E-state index in [2.05, 4.69) is 34.5 Å². The van der Waals surface area contributed by atoms with Crippen LogP contribution in [0.4, 0.5) is 5.69 Å². The fraction of sp³-hybridized carbons (Fsp3) is 0.600. The van der Waals surface area contributed by atoms with Gasteiger partial charge in [0.05, 0.1) is 4.90 Å². The summed E-state index contributed by atoms with van der Waals surface area (Å²) in [7, 11) is -3.53. The molecule has 0 heterocycles. The van der Waals surface area contributed by atoms with Crippen molar-refractivity contribution in [1.82, 2.24) is 4.72 Å². The molecule has 1 atom stereocenters. The molecule has 0 saturated carbocycles. The molecule has 21 heavy (non-hydrogen) atoms. The molecule has 6 heteroatoms. The molecular formula is C15H25BrN2O2S. The first-order valence-electron chi connectivity index (χ1n) is 7.21. The number of anilines is 1. The van der Waals surface area contributed by atoms with Gasteiger partial charge >= 0.3 is 0 Å². The molecular weight excluding hydrogens is 352 g/mol. The largest absolute Gasteiger partial charge is 0.398 e. The third-order valence-corrected chi connectivity index (χ3v) is 5.78. The summed E-state index contributed by atoms with van der Waals surface area (Å²) >= 11 is 3.31. The summed E-state index contributed by atoms with van der Waals surface area (Å²) in [6.07, 6.45) is 2.96. The highest BCUT2D eigenvalue weighted by atomic mass is 79.9. The van der Waals surface area contributed by atoms with E-state index in [-0.39, 0.29) is 10.9 Å². The second kappa shape index (κ2) is 7.61. The maximum Gasteiger partial charge on any atom is 0.241 e. The molecule has 0 bridgehead atoms. The fourth-order valence-corrected chi connectivity index (χ4v) is 4.17. The second-order valence-corrected chi connectivity index (χ2v) is 8.52. The Morgan fingerprint density at radius 3 is 2.43 bits per heavy atom. The second-order valence-electron chi connectivity index (χ2n) is 5.99. The SMILES string of the molecule is Cc1cc(Br)c(N)cc1S(=O)(=O)NC(C)CCCC(C)C. The van der Waals surface area contributed by atoms with Crippen LogP contribution in [-0.2, 0) is 10.0 Å². The van der Waals surface area contributed by atoms with Crippen LogP contribution >= 0.6 is 15.9 Å². The van der Waals surface area contributed by atoms with Crippen LogP contribution in [0.15, 0.2) is 21.5 Å². The van der Waals surface area contributed by atoms with Gasteiger partial charge in [0.25, 0.3) is 0 Å². The fourth-order valence-electron chi connectivity index (χ4n) is 2.18. The first-order chi connectivity index (χ1) is 9.63. The first kappa shape index (κ1) is 18.5. The number of nitrogens with one attached hydrogen (secondary N) is 1. The number of sulfonamides is 1. The Morgan fingerprint density at radius 1 is 1.24 bits per heavy atom. The molecule has 0 spiro atoms. The monoisotopic (exact) mass is 376 g/mol. The normalized spacial score (nSPS) is 13.6. The summed E-state index contributed by atoms with van der Waals surface area (Å²) in [5, 5.41) is 0. The van der Waals surface area contributed by atoms with Gasteiger partial charge in [-0.3, -0.25) is 0 Å². The average Bonchev–Trinajstić information content (AvgIpc) is 2.32. The minimum atomic E-state index is -3.53. The summed E-state index contributed by atoms with van der Waals surface area (Å²) in [4.78, 5) is 0.249. The molecule has 0 amide bonds. The van der Waals surface area contributed by atoms with Crippen molar-refractivity contribution >= 4 is 31.6 Å². The van der Waals surface area contributed by atoms with E-state index in [1.807, 2.05) is 6.92 Å². The van der Waals surface area contributed by atoms with Crippen molar-refractivity contribution < 1.29 is 8.42 Å². The Labute approximate surface area is 136 Å². The lowest BCUT2D eigenvalue weighted by molar-refractivity contribution is 0.488. The van der Waals surface area contributed by atoms with Gasteiger partial charge in [-0.25, -0.2) is 13.1 Å². The predicted octanol–water partition coefficient (Wildman–Crippen LogP) is 3.83. The predicted molar refractivity (Wildman–Crippen MR) is 91.8 cm³/mol. The van der Waals surface area contributed by atoms with Crippen molar-refractivity contribution in [3.8, 4) is 0 Å². The minimum absolute atomic E-state index is 0.0852. The minimum Gasteiger partial charge on any atom is -0.398 e. The van der Waals surface area contributed by atoms with Crippen molar-refractivity contribution in [2.45, 2.75) is 57.9 Å². The van der Waals surface area contributed by atoms with E-state index >= 15 is 0 Å². The van der Waals surface area contributed by atoms with E-state index in [1.54, 1.807) is 13.0 Å². The van der Waals surface area contributed by atoms with Gasteiger partial charge in [-0.2, -0.15) is 0 Å². The van der Waals surface area contributed by atoms with Crippen LogP contribution < -0.4 is 10.5 Å². The van der Waals surface area contributed by atoms with E-state index in [0.29, 0.717) is 21.6 Å². The van der Waals surface area contributed by atoms with Crippen LogP contribution in [0, 0.1) is 12.8 Å². The van der Waals surface area contributed by atoms with Gasteiger partial charge in [0.2, 0.25) is 10.0 Å². The first-order valence-corrected chi connectivity index (χ1v) is 9.49. The maximum absolute atomic E-state index is 12.4. The summed E-state index contributed by atoms with van der Waals surface area (Å²) in [6, 6.07) is 3.15. The number of nitrogens with two attached hydrogens (primary N) is 1. The van der Waals surface area contributed by atoms with Crippen LogP contribution in [0.1, 0.15) is 45.6 Å². The van der Waals surface area contributed by atoms with Crippen molar-refractivity contribution in [3.63, 3.8) is 0 Å². The van der Waals surface area contributed by atoms with Crippen molar-refractivity contribution in [2.75, 3.05) is 5.73 Å². The lowest BCUT2D eigenvalue weighted by Gasteiger charge is -2.16. The van der Waals surface area contributed by atoms with E-state index in [4.69, 9.17) is 5.73 Å². The Bertz CT molecular complexity index is 586. The molecule has 0 aliphatic rings. The zero-order chi connectivity index (χ0) is 16.2. The Kier molecular flexibility index (Phi) is 6.69. The number of hydrogen-bond acceptors (Lipinski definition) is 3. The molecule has 1 rings (SSSR count). The highest BCUT2D eigenvalue weighted by molar-refractivity contribution is 9.10. The molecule has 3 N–H and O–H groups in total. The average molecular weight is 377 g/mol. The van der Waals surface area contributed by atoms with Crippen LogP contribution in [-0.4, -0.2) is 14.5 Å². The van der Waals surface area contributed by atoms with Gasteiger partial charge in [-0.1, -0.05) is 26.7 Å². The summed E-state index contributed by atoms with van der Waals surface area (Å²) < 4.78 is 28.3. The van der Waals surface area contributed by atoms with Crippen molar-refractivity contribution in [3.05, 3.63) is 22.2 Å². The molecule has 4 nitrogen and oxygen atoms in total. The molecule has 0 saturated heterocycles. The molecule has 0 aliphatic heterocycles. The number of benzene rings is 1. The third kappa shape index (κ3) is 5.60. The van der Waals surface area contributed by atoms with E-state index in [9.17, 15) is 8.42 Å². The van der Waals surface area contributed by atoms with E-state index in [1.165, 1.54) is 6.07 Å². The van der Waals surface area contributed by atoms with Crippen LogP contribution in [0.5, 0.6) is 0 Å². The highest BCUT2D eigenvalue weighted by Crippen LogP contribution is 2.26. The lowest BCUT2D eigenvalue weighted by Crippen LogP contribution is -2.33. The zero-order valence-corrected chi connectivity index (χ0v) is 15.5. The van der Waals surface area contributed by atoms with Gasteiger partial charge in [0.15, 0.2) is 0 Å². The van der Waals surface area contributed by atoms with Gasteiger partial charge in [-0.05, 0) is 59.8 Å². The van der Waals surface area contributed by atoms with Gasteiger partial charge in [-0.15, -0.1) is 0 Å². The maximum atomic E-state index is 12.4. The quantitative estimate of drug-likeness (QED) is 0.710. The van der Waals surface area contributed by atoms with Crippen LogP contribution in [0.25, 0.3) is 0 Å². The topological polar surface area (TPSA) is 72.2 Å². The molecule has 0 aromatic heterocycles. The highest BCUT2D eigenvalue weighted by Gasteiger charge is 2.20.